The molecule has 0 saturated carbocycles. The van der Waals surface area contributed by atoms with E-state index in [0.29, 0.717) is 6.42 Å². The monoisotopic (exact) mass is 641 g/mol. The molecule has 0 bridgehead atoms. The number of rotatable bonds is 15. The van der Waals surface area contributed by atoms with E-state index >= 15 is 0 Å². The molecule has 0 aromatic heterocycles. The highest BCUT2D eigenvalue weighted by atomic mass is 32.2. The summed E-state index contributed by atoms with van der Waals surface area (Å²) in [5.41, 5.74) is 0. The molecule has 0 heterocycles. The first-order chi connectivity index (χ1) is 16.9. The van der Waals surface area contributed by atoms with Crippen molar-refractivity contribution in [3.05, 3.63) is 0 Å². The van der Waals surface area contributed by atoms with E-state index in [1.165, 1.54) is 6.92 Å². The number of carboxylic acids is 1. The fourth-order valence-electron chi connectivity index (χ4n) is 2.62. The van der Waals surface area contributed by atoms with Crippen molar-refractivity contribution < 1.29 is 93.0 Å². The van der Waals surface area contributed by atoms with Crippen LogP contribution < -0.4 is 0 Å². The Kier molecular flexibility index (Phi) is 10.4. The van der Waals surface area contributed by atoms with Gasteiger partial charge in [-0.25, -0.2) is 8.42 Å². The minimum absolute atomic E-state index is 0.156. The predicted octanol–water partition coefficient (Wildman–Crippen LogP) is 6.25. The number of nitrogens with zero attached hydrogens (tertiary/aromatic N) is 1. The first kappa shape index (κ1) is 37.2. The van der Waals surface area contributed by atoms with Crippen LogP contribution in [0.1, 0.15) is 32.6 Å². The van der Waals surface area contributed by atoms with Crippen LogP contribution in [-0.4, -0.2) is 83.9 Å². The van der Waals surface area contributed by atoms with Crippen LogP contribution in [-0.2, 0) is 14.8 Å². The van der Waals surface area contributed by atoms with E-state index in [1.54, 1.807) is 0 Å². The van der Waals surface area contributed by atoms with E-state index in [9.17, 15) is 87.8 Å². The smallest absolute Gasteiger partial charge is 0.460 e. The minimum atomic E-state index is -8.95. The maximum atomic E-state index is 14.2. The molecule has 0 aliphatic rings. The minimum Gasteiger partial charge on any atom is -0.480 e. The van der Waals surface area contributed by atoms with Gasteiger partial charge in [-0.15, -0.1) is 0 Å². The molecule has 23 heteroatoms. The number of aliphatic carboxylic acids is 1. The van der Waals surface area contributed by atoms with Crippen LogP contribution >= 0.6 is 0 Å². The molecule has 0 amide bonds. The summed E-state index contributed by atoms with van der Waals surface area (Å²) in [5, 5.41) is 0.821. The van der Waals surface area contributed by atoms with E-state index < -0.39 is 86.8 Å². The number of hydrogen-bond acceptors (Lipinski definition) is 3. The summed E-state index contributed by atoms with van der Waals surface area (Å²) in [6.07, 6.45) is -8.26. The lowest BCUT2D eigenvalue weighted by Crippen LogP contribution is -2.75. The normalized spacial score (nSPS) is 15.7. The summed E-state index contributed by atoms with van der Waals surface area (Å²) >= 11 is 0. The van der Waals surface area contributed by atoms with Gasteiger partial charge in [-0.2, -0.15) is 78.9 Å². The summed E-state index contributed by atoms with van der Waals surface area (Å²) < 4.78 is 250. The number of halogens is 17. The molecule has 0 spiro atoms. The Balaban J connectivity index is 6.95. The van der Waals surface area contributed by atoms with E-state index in [4.69, 9.17) is 5.11 Å². The van der Waals surface area contributed by atoms with Crippen molar-refractivity contribution in [2.24, 2.45) is 0 Å². The zero-order valence-corrected chi connectivity index (χ0v) is 19.5. The average molecular weight is 641 g/mol. The number of alkyl halides is 17. The Morgan fingerprint density at radius 3 is 1.31 bits per heavy atom. The Bertz CT molecular complexity index is 978. The molecule has 0 saturated heterocycles. The van der Waals surface area contributed by atoms with Gasteiger partial charge in [-0.3, -0.25) is 4.79 Å². The zero-order chi connectivity index (χ0) is 31.9. The molecule has 0 aromatic carbocycles. The quantitative estimate of drug-likeness (QED) is 0.170. The predicted molar refractivity (Wildman–Crippen MR) is 93.0 cm³/mol. The van der Waals surface area contributed by atoms with Crippen molar-refractivity contribution in [2.45, 2.75) is 79.6 Å². The molecule has 234 valence electrons. The summed E-state index contributed by atoms with van der Waals surface area (Å²) in [6, 6.07) is 0. The molecule has 0 atom stereocenters. The van der Waals surface area contributed by atoms with Gasteiger partial charge in [-0.1, -0.05) is 26.2 Å². The van der Waals surface area contributed by atoms with Gasteiger partial charge in [0.05, 0.1) is 0 Å². The SMILES string of the molecule is CCCCCCN(CC(=O)O)S(=O)(=O)C(F)(F)C(F)(F)C(F)(F)C(F)(F)C(F)(F)C(F)(F)C(F)(F)C(F)(F)F. The van der Waals surface area contributed by atoms with Gasteiger partial charge in [0.15, 0.2) is 0 Å². The highest BCUT2D eigenvalue weighted by Crippen LogP contribution is 2.64. The highest BCUT2D eigenvalue weighted by Gasteiger charge is 2.96. The fourth-order valence-corrected chi connectivity index (χ4v) is 4.05. The molecule has 39 heavy (non-hydrogen) atoms. The topological polar surface area (TPSA) is 74.7 Å². The van der Waals surface area contributed by atoms with Gasteiger partial charge >= 0.3 is 52.9 Å². The zero-order valence-electron chi connectivity index (χ0n) is 18.7. The third-order valence-corrected chi connectivity index (χ3v) is 6.83. The van der Waals surface area contributed by atoms with Gasteiger partial charge < -0.3 is 5.11 Å². The summed E-state index contributed by atoms with van der Waals surface area (Å²) in [6.45, 7) is -2.24. The van der Waals surface area contributed by atoms with Crippen LogP contribution in [0.3, 0.4) is 0 Å². The molecule has 1 N–H and O–H groups in total. The van der Waals surface area contributed by atoms with Crippen molar-refractivity contribution in [1.82, 2.24) is 4.31 Å². The largest absolute Gasteiger partial charge is 0.480 e. The molecule has 0 fully saturated rings. The lowest BCUT2D eigenvalue weighted by Gasteiger charge is -2.43. The van der Waals surface area contributed by atoms with E-state index in [0.717, 1.165) is 0 Å². The third-order valence-electron chi connectivity index (χ3n) is 4.93. The number of hydrogen-bond donors (Lipinski definition) is 1. The second kappa shape index (κ2) is 10.9. The molecule has 0 aliphatic carbocycles. The average Bonchev–Trinajstić information content (AvgIpc) is 2.73. The van der Waals surface area contributed by atoms with E-state index in [2.05, 4.69) is 0 Å². The van der Waals surface area contributed by atoms with Crippen LogP contribution in [0, 0.1) is 0 Å². The van der Waals surface area contributed by atoms with Gasteiger partial charge in [0.25, 0.3) is 10.0 Å². The highest BCUT2D eigenvalue weighted by molar-refractivity contribution is 7.90. The molecule has 5 nitrogen and oxygen atoms in total. The Morgan fingerprint density at radius 1 is 0.615 bits per heavy atom. The van der Waals surface area contributed by atoms with Crippen molar-refractivity contribution >= 4 is 16.0 Å². The summed E-state index contributed by atoms with van der Waals surface area (Å²) in [4.78, 5) is 10.7. The van der Waals surface area contributed by atoms with Crippen LogP contribution in [0.25, 0.3) is 0 Å². The van der Waals surface area contributed by atoms with Gasteiger partial charge in [0.2, 0.25) is 0 Å². The number of carbonyl (C=O) groups is 1. The molecular weight excluding hydrogens is 625 g/mol. The number of unbranched alkanes of at least 4 members (excludes halogenated alkanes) is 3. The second-order valence-corrected chi connectivity index (χ2v) is 9.73. The molecule has 0 rings (SSSR count). The van der Waals surface area contributed by atoms with Crippen LogP contribution in [0.4, 0.5) is 74.6 Å². The van der Waals surface area contributed by atoms with Crippen molar-refractivity contribution in [3.63, 3.8) is 0 Å². The first-order valence-corrected chi connectivity index (χ1v) is 11.2. The van der Waals surface area contributed by atoms with Crippen LogP contribution in [0.2, 0.25) is 0 Å². The lowest BCUT2D eigenvalue weighted by molar-refractivity contribution is -0.458. The van der Waals surface area contributed by atoms with Gasteiger partial charge in [-0.05, 0) is 6.42 Å². The Morgan fingerprint density at radius 2 is 0.974 bits per heavy atom. The lowest BCUT2D eigenvalue weighted by atomic mass is 9.91. The van der Waals surface area contributed by atoms with Crippen LogP contribution in [0.5, 0.6) is 0 Å². The fraction of sp³-hybridized carbons (Fsp3) is 0.938. The van der Waals surface area contributed by atoms with Gasteiger partial charge in [0.1, 0.15) is 6.54 Å². The second-order valence-electron chi connectivity index (χ2n) is 7.75. The van der Waals surface area contributed by atoms with Crippen molar-refractivity contribution in [1.29, 1.82) is 0 Å². The Hall–Kier alpha value is -1.81. The molecule has 0 radical (unpaired) electrons. The van der Waals surface area contributed by atoms with Crippen molar-refractivity contribution in [3.8, 4) is 0 Å². The third kappa shape index (κ3) is 5.69. The van der Waals surface area contributed by atoms with Gasteiger partial charge in [0, 0.05) is 6.54 Å². The molecular formula is C16H16F17NO4S. The summed E-state index contributed by atoms with van der Waals surface area (Å²) in [5.74, 6) is -54.7. The maximum Gasteiger partial charge on any atom is 0.460 e. The van der Waals surface area contributed by atoms with E-state index in [-0.39, 0.29) is 12.8 Å². The number of sulfonamides is 1. The van der Waals surface area contributed by atoms with Crippen LogP contribution in [0.15, 0.2) is 0 Å². The number of carboxylic acid groups (broad SMARTS) is 1. The van der Waals surface area contributed by atoms with E-state index in [1.807, 2.05) is 0 Å². The van der Waals surface area contributed by atoms with Crippen molar-refractivity contribution in [2.75, 3.05) is 13.1 Å². The molecule has 0 unspecified atom stereocenters. The molecule has 0 aliphatic heterocycles. The standard InChI is InChI=1S/C16H16F17NO4S/c1-2-3-4-5-6-34(7-8(35)36)39(37,38)16(32,33)14(27,28)12(23,24)10(19,20)9(17,18)11(21,22)13(25,26)15(29,30)31/h2-7H2,1H3,(H,35,36). The maximum absolute atomic E-state index is 14.2. The molecule has 0 aromatic rings. The first-order valence-electron chi connectivity index (χ1n) is 9.80. The summed E-state index contributed by atoms with van der Waals surface area (Å²) in [7, 11) is -7.62. The Labute approximate surface area is 207 Å².